The molecule has 4 unspecified atom stereocenters. The molecule has 0 aromatic heterocycles. The van der Waals surface area contributed by atoms with Crippen LogP contribution in [0.25, 0.3) is 0 Å². The molecule has 0 radical (unpaired) electrons. The predicted molar refractivity (Wildman–Crippen MR) is 131 cm³/mol. The number of carbonyl (C=O) groups is 2. The molecule has 12 heteroatoms. The number of amides is 1. The van der Waals surface area contributed by atoms with E-state index in [1.54, 1.807) is 6.92 Å². The maximum atomic E-state index is 13.2. The lowest BCUT2D eigenvalue weighted by Crippen LogP contribution is -2.77. The maximum Gasteiger partial charge on any atom is 0.508 e. The Hall–Kier alpha value is 0.487. The molecule has 0 saturated carbocycles. The van der Waals surface area contributed by atoms with Crippen LogP contribution in [0.4, 0.5) is 4.79 Å². The van der Waals surface area contributed by atoms with Crippen molar-refractivity contribution in [2.75, 3.05) is 12.4 Å². The highest BCUT2D eigenvalue weighted by atomic mass is 35.6. The van der Waals surface area contributed by atoms with Crippen molar-refractivity contribution in [2.24, 2.45) is 5.92 Å². The second-order valence-electron chi connectivity index (χ2n) is 8.38. The van der Waals surface area contributed by atoms with Crippen molar-refractivity contribution >= 4 is 94.4 Å². The first-order chi connectivity index (χ1) is 13.0. The normalized spacial score (nSPS) is 22.6. The van der Waals surface area contributed by atoms with E-state index in [2.05, 4.69) is 33.9 Å². The van der Waals surface area contributed by atoms with Gasteiger partial charge in [-0.1, -0.05) is 68.7 Å². The highest BCUT2D eigenvalue weighted by Gasteiger charge is 2.65. The molecule has 4 atom stereocenters. The minimum atomic E-state index is -2.18. The molecule has 1 rings (SSSR count). The number of hydrogen-bond acceptors (Lipinski definition) is 6. The molecule has 1 heterocycles. The molecule has 5 nitrogen and oxygen atoms in total. The van der Waals surface area contributed by atoms with Crippen molar-refractivity contribution in [3.05, 3.63) is 0 Å². The molecular formula is C17H28Cl3NO4S3Si. The van der Waals surface area contributed by atoms with E-state index in [-0.39, 0.29) is 16.3 Å². The van der Waals surface area contributed by atoms with Gasteiger partial charge in [-0.3, -0.25) is 4.79 Å². The Kier molecular flexibility index (Phi) is 9.45. The third kappa shape index (κ3) is 6.49. The fraction of sp³-hybridized carbons (Fsp3) is 0.824. The molecule has 168 valence electrons. The highest BCUT2D eigenvalue weighted by Crippen LogP contribution is 2.48. The van der Waals surface area contributed by atoms with Crippen LogP contribution in [-0.2, 0) is 37.8 Å². The van der Waals surface area contributed by atoms with Crippen LogP contribution < -0.4 is 0 Å². The van der Waals surface area contributed by atoms with E-state index >= 15 is 0 Å². The summed E-state index contributed by atoms with van der Waals surface area (Å²) in [5, 5.41) is -0.236. The van der Waals surface area contributed by atoms with E-state index in [1.165, 1.54) is 0 Å². The Morgan fingerprint density at radius 1 is 1.34 bits per heavy atom. The number of halogens is 3. The first-order valence-electron chi connectivity index (χ1n) is 9.09. The van der Waals surface area contributed by atoms with Gasteiger partial charge in [0.2, 0.25) is 15.1 Å². The summed E-state index contributed by atoms with van der Waals surface area (Å²) in [7, 11) is -2.65. The number of ether oxygens (including phenoxy) is 2. The van der Waals surface area contributed by atoms with Gasteiger partial charge in [0, 0.05) is 10.9 Å². The SMILES string of the molecule is CC[S+](C(=S)[S-])C1C(C(C)OC(=O)OCC(Cl)(Cl)Cl)C(=O)N1[Si](C)(C)C(C)(C)C. The second kappa shape index (κ2) is 9.96. The predicted octanol–water partition coefficient (Wildman–Crippen LogP) is 5.16. The summed E-state index contributed by atoms with van der Waals surface area (Å²) in [6, 6.07) is 0. The highest BCUT2D eigenvalue weighted by molar-refractivity contribution is 8.35. The van der Waals surface area contributed by atoms with Crippen molar-refractivity contribution in [3.8, 4) is 0 Å². The molecule has 1 amide bonds. The summed E-state index contributed by atoms with van der Waals surface area (Å²) in [6.07, 6.45) is -1.71. The Morgan fingerprint density at radius 3 is 2.24 bits per heavy atom. The van der Waals surface area contributed by atoms with Gasteiger partial charge in [-0.25, -0.2) is 4.79 Å². The van der Waals surface area contributed by atoms with Gasteiger partial charge < -0.3 is 38.9 Å². The summed E-state index contributed by atoms with van der Waals surface area (Å²) in [4.78, 5) is 25.2. The summed E-state index contributed by atoms with van der Waals surface area (Å²) in [6.45, 7) is 14.0. The summed E-state index contributed by atoms with van der Waals surface area (Å²) >= 11 is 27.4. The lowest BCUT2D eigenvalue weighted by atomic mass is 9.95. The number of carbonyl (C=O) groups excluding carboxylic acids is 2. The van der Waals surface area contributed by atoms with E-state index in [1.807, 2.05) is 11.5 Å². The maximum absolute atomic E-state index is 13.2. The Balaban J connectivity index is 3.11. The van der Waals surface area contributed by atoms with E-state index in [0.29, 0.717) is 3.53 Å². The van der Waals surface area contributed by atoms with E-state index in [9.17, 15) is 9.59 Å². The molecule has 0 aliphatic carbocycles. The molecular weight excluding hydrogens is 513 g/mol. The average molecular weight is 541 g/mol. The van der Waals surface area contributed by atoms with Crippen LogP contribution in [0, 0.1) is 5.92 Å². The van der Waals surface area contributed by atoms with Crippen molar-refractivity contribution in [3.63, 3.8) is 0 Å². The topological polar surface area (TPSA) is 55.8 Å². The average Bonchev–Trinajstić information content (AvgIpc) is 2.50. The molecule has 0 spiro atoms. The van der Waals surface area contributed by atoms with Crippen molar-refractivity contribution in [1.82, 2.24) is 4.57 Å². The van der Waals surface area contributed by atoms with Crippen LogP contribution in [0.3, 0.4) is 0 Å². The molecule has 0 aromatic rings. The number of β-lactam (4-membered cyclic amide) rings is 1. The first kappa shape index (κ1) is 27.5. The second-order valence-corrected chi connectivity index (χ2v) is 19.9. The zero-order valence-corrected chi connectivity index (χ0v) is 23.3. The van der Waals surface area contributed by atoms with Gasteiger partial charge in [-0.05, 0) is 18.9 Å². The molecule has 0 aromatic carbocycles. The van der Waals surface area contributed by atoms with Gasteiger partial charge in [0.25, 0.3) is 0 Å². The van der Waals surface area contributed by atoms with Gasteiger partial charge in [0.15, 0.2) is 8.24 Å². The number of alkyl halides is 3. The van der Waals surface area contributed by atoms with E-state index in [0.717, 1.165) is 5.75 Å². The number of nitrogens with zero attached hydrogens (tertiary/aromatic N) is 1. The Morgan fingerprint density at radius 2 is 1.86 bits per heavy atom. The summed E-state index contributed by atoms with van der Waals surface area (Å²) < 4.78 is 10.9. The van der Waals surface area contributed by atoms with Crippen LogP contribution >= 0.6 is 47.0 Å². The fourth-order valence-electron chi connectivity index (χ4n) is 2.97. The molecule has 1 aliphatic rings. The monoisotopic (exact) mass is 539 g/mol. The summed E-state index contributed by atoms with van der Waals surface area (Å²) in [5.41, 5.74) is 0. The summed E-state index contributed by atoms with van der Waals surface area (Å²) in [5.74, 6) is 0.154. The van der Waals surface area contributed by atoms with Gasteiger partial charge in [-0.15, -0.1) is 0 Å². The largest absolute Gasteiger partial charge is 0.508 e. The van der Waals surface area contributed by atoms with Gasteiger partial charge >= 0.3 is 6.16 Å². The zero-order chi connectivity index (χ0) is 22.9. The number of hydrogen-bond donors (Lipinski definition) is 0. The van der Waals surface area contributed by atoms with Crippen molar-refractivity contribution in [1.29, 1.82) is 0 Å². The molecule has 0 N–H and O–H groups in total. The van der Waals surface area contributed by atoms with Crippen LogP contribution in [0.15, 0.2) is 0 Å². The number of thiocarbonyl (C=S) groups is 1. The molecule has 1 saturated heterocycles. The third-order valence-corrected chi connectivity index (χ3v) is 14.8. The third-order valence-electron chi connectivity index (χ3n) is 5.48. The minimum absolute atomic E-state index is 0.0412. The Labute approximate surface area is 203 Å². The van der Waals surface area contributed by atoms with Gasteiger partial charge in [-0.2, -0.15) is 0 Å². The van der Waals surface area contributed by atoms with Crippen LogP contribution in [0.2, 0.25) is 18.1 Å². The number of rotatable bonds is 6. The lowest BCUT2D eigenvalue weighted by Gasteiger charge is -2.57. The van der Waals surface area contributed by atoms with Gasteiger partial charge in [0.1, 0.15) is 24.4 Å². The van der Waals surface area contributed by atoms with Crippen molar-refractivity contribution in [2.45, 2.75) is 68.0 Å². The van der Waals surface area contributed by atoms with Gasteiger partial charge in [0.05, 0.1) is 3.53 Å². The smallest absolute Gasteiger partial charge is 0.430 e. The van der Waals surface area contributed by atoms with E-state index in [4.69, 9.17) is 69.1 Å². The van der Waals surface area contributed by atoms with Crippen molar-refractivity contribution < 1.29 is 19.1 Å². The zero-order valence-electron chi connectivity index (χ0n) is 17.6. The molecule has 1 fully saturated rings. The van der Waals surface area contributed by atoms with E-state index < -0.39 is 47.7 Å². The lowest BCUT2D eigenvalue weighted by molar-refractivity contribution is -0.150. The van der Waals surface area contributed by atoms with Crippen LogP contribution in [0.5, 0.6) is 0 Å². The molecule has 0 bridgehead atoms. The quantitative estimate of drug-likeness (QED) is 0.0882. The van der Waals surface area contributed by atoms with Crippen LogP contribution in [0.1, 0.15) is 34.6 Å². The minimum Gasteiger partial charge on any atom is -0.430 e. The van der Waals surface area contributed by atoms with Crippen LogP contribution in [-0.4, -0.2) is 56.0 Å². The molecule has 29 heavy (non-hydrogen) atoms. The first-order valence-corrected chi connectivity index (χ1v) is 15.4. The standard InChI is InChI=1S/C17H28Cl3NO4S3Si/c1-8-28(15(26)27)13-11(10(2)25-14(23)24-9-17(18,19)20)12(22)21(13)29(6,7)16(3,4)5/h10-11,13H,8-9H2,1-7H3. The Bertz CT molecular complexity index is 655. The molecule has 1 aliphatic heterocycles. The fourth-order valence-corrected chi connectivity index (χ4v) is 9.64.